The van der Waals surface area contributed by atoms with E-state index in [4.69, 9.17) is 11.6 Å². The first-order chi connectivity index (χ1) is 14.1. The molecule has 3 aromatic carbocycles. The first-order valence-electron chi connectivity index (χ1n) is 8.77. The van der Waals surface area contributed by atoms with Crippen LogP contribution in [0.2, 0.25) is 5.02 Å². The van der Waals surface area contributed by atoms with E-state index in [-0.39, 0.29) is 11.7 Å². The van der Waals surface area contributed by atoms with E-state index in [1.54, 1.807) is 18.2 Å². The van der Waals surface area contributed by atoms with Crippen LogP contribution < -0.4 is 5.32 Å². The van der Waals surface area contributed by atoms with Gasteiger partial charge in [0, 0.05) is 15.8 Å². The summed E-state index contributed by atoms with van der Waals surface area (Å²) in [6.07, 6.45) is 0. The SMILES string of the molecule is O=C(Nc1ccc(O)c(-c2nc3ccccc3s2)c1)c1sc2ccccc2c1Cl. The van der Waals surface area contributed by atoms with Crippen LogP contribution >= 0.6 is 34.3 Å². The number of para-hydroxylation sites is 1. The van der Waals surface area contributed by atoms with Crippen molar-refractivity contribution < 1.29 is 9.90 Å². The van der Waals surface area contributed by atoms with Crippen LogP contribution in [0.4, 0.5) is 5.69 Å². The van der Waals surface area contributed by atoms with Gasteiger partial charge in [-0.1, -0.05) is 41.9 Å². The normalized spacial score (nSPS) is 11.2. The number of benzene rings is 3. The molecule has 1 amide bonds. The number of thiophene rings is 1. The third-order valence-electron chi connectivity index (χ3n) is 4.52. The van der Waals surface area contributed by atoms with Gasteiger partial charge in [0.05, 0.1) is 20.8 Å². The Morgan fingerprint density at radius 3 is 2.52 bits per heavy atom. The third kappa shape index (κ3) is 3.25. The van der Waals surface area contributed by atoms with E-state index in [9.17, 15) is 9.90 Å². The quantitative estimate of drug-likeness (QED) is 0.306. The Bertz CT molecular complexity index is 1360. The highest BCUT2D eigenvalue weighted by Gasteiger charge is 2.18. The molecule has 0 radical (unpaired) electrons. The molecule has 5 rings (SSSR count). The van der Waals surface area contributed by atoms with Gasteiger partial charge in [0.2, 0.25) is 0 Å². The zero-order valence-electron chi connectivity index (χ0n) is 14.8. The van der Waals surface area contributed by atoms with Crippen molar-refractivity contribution in [2.45, 2.75) is 0 Å². The van der Waals surface area contributed by atoms with Crippen molar-refractivity contribution in [1.82, 2.24) is 4.98 Å². The van der Waals surface area contributed by atoms with Crippen molar-refractivity contribution in [3.8, 4) is 16.3 Å². The van der Waals surface area contributed by atoms with Crippen LogP contribution in [0.3, 0.4) is 0 Å². The zero-order chi connectivity index (χ0) is 20.0. The summed E-state index contributed by atoms with van der Waals surface area (Å²) in [5.41, 5.74) is 2.01. The molecule has 7 heteroatoms. The molecule has 2 heterocycles. The van der Waals surface area contributed by atoms with Gasteiger partial charge in [-0.3, -0.25) is 4.79 Å². The molecular weight excluding hydrogens is 424 g/mol. The summed E-state index contributed by atoms with van der Waals surface area (Å²) in [6.45, 7) is 0. The fourth-order valence-corrected chi connectivity index (χ4v) is 5.52. The highest BCUT2D eigenvalue weighted by atomic mass is 35.5. The summed E-state index contributed by atoms with van der Waals surface area (Å²) in [5.74, 6) is -0.168. The monoisotopic (exact) mass is 436 g/mol. The molecule has 4 nitrogen and oxygen atoms in total. The number of rotatable bonds is 3. The second-order valence-electron chi connectivity index (χ2n) is 6.41. The van der Waals surface area contributed by atoms with E-state index >= 15 is 0 Å². The van der Waals surface area contributed by atoms with Crippen LogP contribution in [0.15, 0.2) is 66.7 Å². The number of aromatic hydroxyl groups is 1. The van der Waals surface area contributed by atoms with Gasteiger partial charge in [0.25, 0.3) is 5.91 Å². The Kier molecular flexibility index (Phi) is 4.47. The number of nitrogens with zero attached hydrogens (tertiary/aromatic N) is 1. The average molecular weight is 437 g/mol. The van der Waals surface area contributed by atoms with Gasteiger partial charge in [0.15, 0.2) is 0 Å². The van der Waals surface area contributed by atoms with E-state index < -0.39 is 0 Å². The van der Waals surface area contributed by atoms with Gasteiger partial charge in [-0.15, -0.1) is 22.7 Å². The van der Waals surface area contributed by atoms with Crippen molar-refractivity contribution in [3.63, 3.8) is 0 Å². The maximum atomic E-state index is 12.8. The molecule has 0 fully saturated rings. The Labute approximate surface area is 179 Å². The van der Waals surface area contributed by atoms with Crippen molar-refractivity contribution >= 4 is 66.2 Å². The summed E-state index contributed by atoms with van der Waals surface area (Å²) in [4.78, 5) is 17.9. The lowest BCUT2D eigenvalue weighted by Crippen LogP contribution is -2.10. The molecule has 0 saturated heterocycles. The number of halogens is 1. The number of fused-ring (bicyclic) bond motifs is 2. The number of phenols is 1. The van der Waals surface area contributed by atoms with E-state index in [2.05, 4.69) is 10.3 Å². The largest absolute Gasteiger partial charge is 0.507 e. The van der Waals surface area contributed by atoms with Crippen molar-refractivity contribution in [1.29, 1.82) is 0 Å². The summed E-state index contributed by atoms with van der Waals surface area (Å²) in [5, 5.41) is 15.2. The van der Waals surface area contributed by atoms with Crippen molar-refractivity contribution in [3.05, 3.63) is 76.6 Å². The maximum absolute atomic E-state index is 12.8. The molecule has 0 bridgehead atoms. The average Bonchev–Trinajstić information content (AvgIpc) is 3.31. The second kappa shape index (κ2) is 7.15. The maximum Gasteiger partial charge on any atom is 0.267 e. The van der Waals surface area contributed by atoms with Crippen LogP contribution in [0.25, 0.3) is 30.9 Å². The zero-order valence-corrected chi connectivity index (χ0v) is 17.2. The summed E-state index contributed by atoms with van der Waals surface area (Å²) in [6, 6.07) is 20.4. The molecule has 5 aromatic rings. The highest BCUT2D eigenvalue weighted by molar-refractivity contribution is 7.22. The fourth-order valence-electron chi connectivity index (χ4n) is 3.12. The van der Waals surface area contributed by atoms with E-state index in [0.717, 1.165) is 20.3 Å². The minimum Gasteiger partial charge on any atom is -0.507 e. The molecule has 0 atom stereocenters. The minimum atomic E-state index is -0.280. The van der Waals surface area contributed by atoms with Gasteiger partial charge in [-0.05, 0) is 36.4 Å². The van der Waals surface area contributed by atoms with Crippen LogP contribution in [0, 0.1) is 0 Å². The number of anilines is 1. The molecule has 0 aliphatic rings. The molecule has 142 valence electrons. The van der Waals surface area contributed by atoms with Gasteiger partial charge in [0.1, 0.15) is 15.6 Å². The number of nitrogens with one attached hydrogen (secondary N) is 1. The number of thiazole rings is 1. The number of carbonyl (C=O) groups is 1. The lowest BCUT2D eigenvalue weighted by Gasteiger charge is -2.07. The van der Waals surface area contributed by atoms with Crippen LogP contribution in [0.5, 0.6) is 5.75 Å². The summed E-state index contributed by atoms with van der Waals surface area (Å²) in [7, 11) is 0. The van der Waals surface area contributed by atoms with Crippen LogP contribution in [-0.2, 0) is 0 Å². The van der Waals surface area contributed by atoms with Gasteiger partial charge >= 0.3 is 0 Å². The standard InChI is InChI=1S/C22H13ClN2O2S2/c23-19-13-5-1-3-7-17(13)28-20(19)21(27)24-12-9-10-16(26)14(11-12)22-25-15-6-2-4-8-18(15)29-22/h1-11,26H,(H,24,27). The first-order valence-corrected chi connectivity index (χ1v) is 10.8. The summed E-state index contributed by atoms with van der Waals surface area (Å²) < 4.78 is 2.00. The third-order valence-corrected chi connectivity index (χ3v) is 7.26. The second-order valence-corrected chi connectivity index (χ2v) is 8.87. The molecule has 0 aliphatic heterocycles. The smallest absolute Gasteiger partial charge is 0.267 e. The van der Waals surface area contributed by atoms with Gasteiger partial charge in [-0.25, -0.2) is 4.98 Å². The Morgan fingerprint density at radius 2 is 1.72 bits per heavy atom. The molecule has 29 heavy (non-hydrogen) atoms. The lowest BCUT2D eigenvalue weighted by atomic mass is 10.2. The van der Waals surface area contributed by atoms with Crippen molar-refractivity contribution in [2.75, 3.05) is 5.32 Å². The predicted molar refractivity (Wildman–Crippen MR) is 122 cm³/mol. The summed E-state index contributed by atoms with van der Waals surface area (Å²) >= 11 is 9.26. The Hall–Kier alpha value is -2.93. The minimum absolute atomic E-state index is 0.113. The first kappa shape index (κ1) is 18.1. The molecule has 0 aliphatic carbocycles. The number of phenolic OH excluding ortho intramolecular Hbond substituents is 1. The number of carbonyl (C=O) groups excluding carboxylic acids is 1. The predicted octanol–water partition coefficient (Wildman–Crippen LogP) is 6.79. The number of amides is 1. The molecule has 0 saturated carbocycles. The molecule has 0 unspecified atom stereocenters. The lowest BCUT2D eigenvalue weighted by molar-refractivity contribution is 0.103. The Balaban J connectivity index is 1.49. The van der Waals surface area contributed by atoms with Crippen LogP contribution in [-0.4, -0.2) is 16.0 Å². The molecule has 0 spiro atoms. The fraction of sp³-hybridized carbons (Fsp3) is 0. The van der Waals surface area contributed by atoms with Crippen LogP contribution in [0.1, 0.15) is 9.67 Å². The highest BCUT2D eigenvalue weighted by Crippen LogP contribution is 2.38. The van der Waals surface area contributed by atoms with E-state index in [0.29, 0.717) is 26.2 Å². The number of aromatic nitrogens is 1. The van der Waals surface area contributed by atoms with Gasteiger partial charge in [-0.2, -0.15) is 0 Å². The number of hydrogen-bond acceptors (Lipinski definition) is 5. The van der Waals surface area contributed by atoms with Gasteiger partial charge < -0.3 is 10.4 Å². The molecular formula is C22H13ClN2O2S2. The molecule has 2 aromatic heterocycles. The van der Waals surface area contributed by atoms with E-state index in [1.165, 1.54) is 22.7 Å². The Morgan fingerprint density at radius 1 is 0.966 bits per heavy atom. The number of hydrogen-bond donors (Lipinski definition) is 2. The van der Waals surface area contributed by atoms with Crippen molar-refractivity contribution in [2.24, 2.45) is 0 Å². The molecule has 2 N–H and O–H groups in total. The topological polar surface area (TPSA) is 62.2 Å². The van der Waals surface area contributed by atoms with E-state index in [1.807, 2.05) is 48.5 Å².